The van der Waals surface area contributed by atoms with Crippen molar-refractivity contribution in [3.63, 3.8) is 0 Å². The topological polar surface area (TPSA) is 42.3 Å². The molecule has 2 amide bonds. The number of nitrogens with zero attached hydrogens (tertiary/aromatic N) is 2. The number of hydrogen-bond donors (Lipinski definition) is 0. The molecule has 5 heteroatoms. The van der Waals surface area contributed by atoms with Gasteiger partial charge in [0, 0.05) is 35.8 Å². The molecule has 0 spiro atoms. The number of likely N-dealkylation sites (N-methyl/N-ethyl adjacent to an activating group) is 1. The summed E-state index contributed by atoms with van der Waals surface area (Å²) in [5.74, 6) is -0.206. The lowest BCUT2D eigenvalue weighted by molar-refractivity contribution is -0.122. The van der Waals surface area contributed by atoms with E-state index in [1.165, 1.54) is 10.5 Å². The van der Waals surface area contributed by atoms with Crippen molar-refractivity contribution in [2.75, 3.05) is 6.54 Å². The minimum Gasteiger partial charge on any atom is -0.342 e. The number of carbonyl (C=O) groups is 2. The summed E-state index contributed by atoms with van der Waals surface area (Å²) in [6, 6.07) is 18.4. The van der Waals surface area contributed by atoms with Gasteiger partial charge in [0.05, 0.1) is 4.91 Å². The van der Waals surface area contributed by atoms with E-state index >= 15 is 0 Å². The van der Waals surface area contributed by atoms with Crippen LogP contribution in [0.4, 0.5) is 4.79 Å². The number of hydrogen-bond acceptors (Lipinski definition) is 3. The van der Waals surface area contributed by atoms with E-state index in [0.717, 1.165) is 34.8 Å². The molecule has 1 fully saturated rings. The zero-order valence-corrected chi connectivity index (χ0v) is 15.2. The Labute approximate surface area is 156 Å². The predicted molar refractivity (Wildman–Crippen MR) is 106 cm³/mol. The van der Waals surface area contributed by atoms with Gasteiger partial charge in [0.15, 0.2) is 0 Å². The molecule has 2 heterocycles. The molecule has 0 bridgehead atoms. The molecule has 1 aromatic heterocycles. The average Bonchev–Trinajstić information content (AvgIpc) is 3.13. The van der Waals surface area contributed by atoms with Crippen LogP contribution in [0.15, 0.2) is 65.7 Å². The summed E-state index contributed by atoms with van der Waals surface area (Å²) in [6.07, 6.45) is 3.89. The smallest absolute Gasteiger partial charge is 0.293 e. The molecule has 2 aromatic carbocycles. The minimum atomic E-state index is -0.206. The number of thioether (sulfide) groups is 1. The van der Waals surface area contributed by atoms with Gasteiger partial charge in [-0.05, 0) is 36.4 Å². The molecule has 4 nitrogen and oxygen atoms in total. The van der Waals surface area contributed by atoms with Gasteiger partial charge in [-0.2, -0.15) is 0 Å². The van der Waals surface area contributed by atoms with E-state index in [1.54, 1.807) is 0 Å². The Morgan fingerprint density at radius 1 is 1.00 bits per heavy atom. The maximum Gasteiger partial charge on any atom is 0.293 e. The van der Waals surface area contributed by atoms with Gasteiger partial charge in [0.1, 0.15) is 0 Å². The zero-order chi connectivity index (χ0) is 18.1. The van der Waals surface area contributed by atoms with Gasteiger partial charge in [-0.3, -0.25) is 14.5 Å². The molecule has 0 saturated carbocycles. The van der Waals surface area contributed by atoms with Crippen LogP contribution in [0.5, 0.6) is 0 Å². The third-order valence-electron chi connectivity index (χ3n) is 4.49. The lowest BCUT2D eigenvalue weighted by Crippen LogP contribution is -2.27. The fraction of sp³-hybridized carbons (Fsp3) is 0.143. The van der Waals surface area contributed by atoms with E-state index in [-0.39, 0.29) is 11.1 Å². The van der Waals surface area contributed by atoms with Gasteiger partial charge in [0.2, 0.25) is 0 Å². The van der Waals surface area contributed by atoms with Crippen LogP contribution < -0.4 is 0 Å². The number of benzene rings is 2. The fourth-order valence-electron chi connectivity index (χ4n) is 3.22. The first-order valence-electron chi connectivity index (χ1n) is 8.54. The van der Waals surface area contributed by atoms with Gasteiger partial charge in [-0.15, -0.1) is 0 Å². The monoisotopic (exact) mass is 362 g/mol. The Bertz CT molecular complexity index is 1020. The van der Waals surface area contributed by atoms with Crippen molar-refractivity contribution in [3.05, 3.63) is 76.8 Å². The second kappa shape index (κ2) is 6.84. The minimum absolute atomic E-state index is 0.197. The van der Waals surface area contributed by atoms with E-state index in [9.17, 15) is 9.59 Å². The number of carbonyl (C=O) groups excluding carboxylic acids is 2. The molecule has 4 rings (SSSR count). The molecule has 130 valence electrons. The third-order valence-corrected chi connectivity index (χ3v) is 5.40. The Balaban J connectivity index is 1.76. The predicted octanol–water partition coefficient (Wildman–Crippen LogP) is 4.75. The first kappa shape index (κ1) is 16.7. The van der Waals surface area contributed by atoms with Gasteiger partial charge in [0.25, 0.3) is 11.1 Å². The van der Waals surface area contributed by atoms with E-state index in [4.69, 9.17) is 0 Å². The molecule has 1 saturated heterocycles. The second-order valence-corrected chi connectivity index (χ2v) is 7.13. The Morgan fingerprint density at radius 2 is 1.73 bits per heavy atom. The molecule has 3 aromatic rings. The van der Waals surface area contributed by atoms with Crippen molar-refractivity contribution in [3.8, 4) is 0 Å². The van der Waals surface area contributed by atoms with Crippen LogP contribution in [0.3, 0.4) is 0 Å². The van der Waals surface area contributed by atoms with E-state index in [1.807, 2.05) is 49.4 Å². The van der Waals surface area contributed by atoms with Crippen molar-refractivity contribution < 1.29 is 9.59 Å². The van der Waals surface area contributed by atoms with E-state index in [0.29, 0.717) is 11.4 Å². The summed E-state index contributed by atoms with van der Waals surface area (Å²) >= 11 is 1.01. The first-order valence-corrected chi connectivity index (χ1v) is 9.36. The maximum atomic E-state index is 12.4. The summed E-state index contributed by atoms with van der Waals surface area (Å²) in [7, 11) is 0. The number of fused-ring (bicyclic) bond motifs is 1. The molecular weight excluding hydrogens is 344 g/mol. The largest absolute Gasteiger partial charge is 0.342 e. The third kappa shape index (κ3) is 2.95. The lowest BCUT2D eigenvalue weighted by Gasteiger charge is -2.06. The van der Waals surface area contributed by atoms with Gasteiger partial charge in [-0.1, -0.05) is 48.5 Å². The number of aromatic nitrogens is 1. The maximum absolute atomic E-state index is 12.4. The van der Waals surface area contributed by atoms with Crippen molar-refractivity contribution in [1.82, 2.24) is 9.47 Å². The van der Waals surface area contributed by atoms with Gasteiger partial charge >= 0.3 is 0 Å². The normalized spacial score (nSPS) is 16.2. The van der Waals surface area contributed by atoms with E-state index in [2.05, 4.69) is 29.0 Å². The first-order chi connectivity index (χ1) is 12.7. The van der Waals surface area contributed by atoms with Crippen LogP contribution in [0, 0.1) is 0 Å². The Kier molecular flexibility index (Phi) is 4.39. The number of imide groups is 1. The molecule has 1 aliphatic rings. The second-order valence-electron chi connectivity index (χ2n) is 6.14. The quantitative estimate of drug-likeness (QED) is 0.629. The van der Waals surface area contributed by atoms with Crippen LogP contribution in [0.25, 0.3) is 17.0 Å². The molecular formula is C21H18N2O2S. The SMILES string of the molecule is CCN1C(=O)S/C(=C/c2cn(Cc3ccccc3)c3ccccc23)C1=O. The van der Waals surface area contributed by atoms with Crippen molar-refractivity contribution >= 4 is 39.9 Å². The number of rotatable bonds is 4. The molecule has 26 heavy (non-hydrogen) atoms. The lowest BCUT2D eigenvalue weighted by atomic mass is 10.1. The fourth-order valence-corrected chi connectivity index (χ4v) is 4.11. The van der Waals surface area contributed by atoms with Gasteiger partial charge in [-0.25, -0.2) is 0 Å². The van der Waals surface area contributed by atoms with Crippen molar-refractivity contribution in [2.24, 2.45) is 0 Å². The zero-order valence-electron chi connectivity index (χ0n) is 14.4. The van der Waals surface area contributed by atoms with Crippen LogP contribution >= 0.6 is 11.8 Å². The molecule has 1 aliphatic heterocycles. The molecule has 0 atom stereocenters. The van der Waals surface area contributed by atoms with Gasteiger partial charge < -0.3 is 4.57 Å². The van der Waals surface area contributed by atoms with Crippen LogP contribution in [0.2, 0.25) is 0 Å². The summed E-state index contributed by atoms with van der Waals surface area (Å²) in [4.78, 5) is 26.1. The summed E-state index contributed by atoms with van der Waals surface area (Å²) in [5.41, 5.74) is 3.28. The molecule has 0 radical (unpaired) electrons. The Hall–Kier alpha value is -2.79. The van der Waals surface area contributed by atoms with Crippen LogP contribution in [0.1, 0.15) is 18.1 Å². The molecule has 0 unspecified atom stereocenters. The summed E-state index contributed by atoms with van der Waals surface area (Å²) in [5, 5.41) is 0.878. The highest BCUT2D eigenvalue weighted by atomic mass is 32.2. The Morgan fingerprint density at radius 3 is 2.46 bits per heavy atom. The summed E-state index contributed by atoms with van der Waals surface area (Å²) in [6.45, 7) is 2.97. The van der Waals surface area contributed by atoms with Crippen molar-refractivity contribution in [2.45, 2.75) is 13.5 Å². The number of para-hydroxylation sites is 1. The standard InChI is InChI=1S/C21H18N2O2S/c1-2-23-20(24)19(26-21(23)25)12-16-14-22(13-15-8-4-3-5-9-15)18-11-7-6-10-17(16)18/h3-12,14H,2,13H2,1H3/b19-12+. The average molecular weight is 362 g/mol. The van der Waals surface area contributed by atoms with E-state index < -0.39 is 0 Å². The molecule has 0 aliphatic carbocycles. The molecule has 0 N–H and O–H groups in total. The highest BCUT2D eigenvalue weighted by Crippen LogP contribution is 2.34. The van der Waals surface area contributed by atoms with Crippen LogP contribution in [-0.2, 0) is 11.3 Å². The van der Waals surface area contributed by atoms with Crippen LogP contribution in [-0.4, -0.2) is 27.2 Å². The summed E-state index contributed by atoms with van der Waals surface area (Å²) < 4.78 is 2.18. The highest BCUT2D eigenvalue weighted by Gasteiger charge is 2.33. The number of amides is 2. The highest BCUT2D eigenvalue weighted by molar-refractivity contribution is 8.18. The van der Waals surface area contributed by atoms with Crippen molar-refractivity contribution in [1.29, 1.82) is 0 Å².